The summed E-state index contributed by atoms with van der Waals surface area (Å²) in [5.74, 6) is -0.635. The van der Waals surface area contributed by atoms with Gasteiger partial charge in [-0.15, -0.1) is 0 Å². The lowest BCUT2D eigenvalue weighted by Gasteiger charge is -2.15. The average Bonchev–Trinajstić information content (AvgIpc) is 2.33. The third-order valence-corrected chi connectivity index (χ3v) is 2.84. The molecule has 0 aliphatic heterocycles. The molecule has 1 aromatic rings. The van der Waals surface area contributed by atoms with Crippen molar-refractivity contribution in [2.45, 2.75) is 32.6 Å². The molecule has 3 nitrogen and oxygen atoms in total. The van der Waals surface area contributed by atoms with Crippen molar-refractivity contribution in [3.05, 3.63) is 30.1 Å². The van der Waals surface area contributed by atoms with Crippen molar-refractivity contribution < 1.29 is 4.79 Å². The maximum atomic E-state index is 12.1. The van der Waals surface area contributed by atoms with Gasteiger partial charge in [0.05, 0.1) is 6.07 Å². The molecule has 0 aliphatic rings. The van der Waals surface area contributed by atoms with E-state index in [0.29, 0.717) is 0 Å². The lowest BCUT2D eigenvalue weighted by Crippen LogP contribution is -2.20. The third kappa shape index (κ3) is 2.66. The van der Waals surface area contributed by atoms with Gasteiger partial charge in [-0.25, -0.2) is 0 Å². The Kier molecular flexibility index (Phi) is 4.65. The van der Waals surface area contributed by atoms with E-state index in [0.717, 1.165) is 18.4 Å². The fourth-order valence-electron chi connectivity index (χ4n) is 1.79. The fourth-order valence-corrected chi connectivity index (χ4v) is 1.79. The summed E-state index contributed by atoms with van der Waals surface area (Å²) < 4.78 is 0. The van der Waals surface area contributed by atoms with Crippen LogP contribution in [0.4, 0.5) is 0 Å². The van der Waals surface area contributed by atoms with Crippen molar-refractivity contribution in [3.8, 4) is 6.07 Å². The first-order valence-corrected chi connectivity index (χ1v) is 5.57. The highest BCUT2D eigenvalue weighted by atomic mass is 16.1. The quantitative estimate of drug-likeness (QED) is 0.760. The second-order valence-corrected chi connectivity index (χ2v) is 3.76. The zero-order valence-electron chi connectivity index (χ0n) is 9.68. The number of rotatable bonds is 5. The van der Waals surface area contributed by atoms with Crippen LogP contribution in [0.15, 0.2) is 24.5 Å². The second kappa shape index (κ2) is 6.02. The second-order valence-electron chi connectivity index (χ2n) is 3.76. The van der Waals surface area contributed by atoms with Gasteiger partial charge in [-0.1, -0.05) is 13.8 Å². The number of carbonyl (C=O) groups excluding carboxylic acids is 1. The summed E-state index contributed by atoms with van der Waals surface area (Å²) >= 11 is 0. The van der Waals surface area contributed by atoms with Crippen molar-refractivity contribution in [2.75, 3.05) is 0 Å². The van der Waals surface area contributed by atoms with E-state index in [4.69, 9.17) is 5.26 Å². The maximum absolute atomic E-state index is 12.1. The highest BCUT2D eigenvalue weighted by Crippen LogP contribution is 2.22. The van der Waals surface area contributed by atoms with Crippen LogP contribution in [0.5, 0.6) is 0 Å². The predicted octanol–water partition coefficient (Wildman–Crippen LogP) is 2.69. The zero-order chi connectivity index (χ0) is 12.0. The molecular weight excluding hydrogens is 200 g/mol. The van der Waals surface area contributed by atoms with Crippen LogP contribution in [-0.2, 0) is 4.79 Å². The van der Waals surface area contributed by atoms with Gasteiger partial charge in [0.25, 0.3) is 0 Å². The average molecular weight is 216 g/mol. The van der Waals surface area contributed by atoms with Gasteiger partial charge in [0.2, 0.25) is 0 Å². The Labute approximate surface area is 96.1 Å². The van der Waals surface area contributed by atoms with E-state index in [2.05, 4.69) is 11.1 Å². The Bertz CT molecular complexity index is 377. The predicted molar refractivity (Wildman–Crippen MR) is 61.7 cm³/mol. The molecule has 0 aliphatic carbocycles. The fraction of sp³-hybridized carbons (Fsp3) is 0.462. The molecule has 0 N–H and O–H groups in total. The molecule has 0 bridgehead atoms. The van der Waals surface area contributed by atoms with E-state index >= 15 is 0 Å². The van der Waals surface area contributed by atoms with Crippen LogP contribution in [0.2, 0.25) is 0 Å². The summed E-state index contributed by atoms with van der Waals surface area (Å²) in [7, 11) is 0. The number of Topliss-reactive ketones (excluding diaryl/α,β-unsaturated/α-hetero) is 1. The van der Waals surface area contributed by atoms with Crippen molar-refractivity contribution in [1.29, 1.82) is 5.26 Å². The van der Waals surface area contributed by atoms with Gasteiger partial charge in [-0.05, 0) is 30.5 Å². The summed E-state index contributed by atoms with van der Waals surface area (Å²) in [5.41, 5.74) is 0.745. The smallest absolute Gasteiger partial charge is 0.157 e. The highest BCUT2D eigenvalue weighted by molar-refractivity contribution is 5.90. The van der Waals surface area contributed by atoms with Gasteiger partial charge in [0, 0.05) is 18.3 Å². The number of carbonyl (C=O) groups is 1. The molecule has 0 saturated heterocycles. The summed E-state index contributed by atoms with van der Waals surface area (Å²) in [6.45, 7) is 3.96. The molecule has 1 heterocycles. The van der Waals surface area contributed by atoms with Crippen LogP contribution in [0.25, 0.3) is 0 Å². The van der Waals surface area contributed by atoms with Crippen LogP contribution >= 0.6 is 0 Å². The van der Waals surface area contributed by atoms with Gasteiger partial charge in [0.1, 0.15) is 5.92 Å². The van der Waals surface area contributed by atoms with E-state index in [1.165, 1.54) is 0 Å². The van der Waals surface area contributed by atoms with E-state index < -0.39 is 5.92 Å². The first-order valence-electron chi connectivity index (χ1n) is 5.57. The number of nitriles is 1. The molecule has 0 amide bonds. The van der Waals surface area contributed by atoms with Gasteiger partial charge in [-0.2, -0.15) is 5.26 Å². The van der Waals surface area contributed by atoms with Crippen LogP contribution in [0.1, 0.15) is 38.2 Å². The maximum Gasteiger partial charge on any atom is 0.157 e. The molecule has 0 radical (unpaired) electrons. The SMILES string of the molecule is CCC(CC)C(=O)C(C#N)c1ccncc1. The number of pyridine rings is 1. The van der Waals surface area contributed by atoms with Gasteiger partial charge >= 0.3 is 0 Å². The molecular formula is C13H16N2O. The van der Waals surface area contributed by atoms with Crippen LogP contribution < -0.4 is 0 Å². The summed E-state index contributed by atoms with van der Waals surface area (Å²) in [6, 6.07) is 5.55. The van der Waals surface area contributed by atoms with Gasteiger partial charge in [-0.3, -0.25) is 9.78 Å². The minimum absolute atomic E-state index is 0.0159. The Hall–Kier alpha value is -1.69. The van der Waals surface area contributed by atoms with Crippen molar-refractivity contribution >= 4 is 5.78 Å². The van der Waals surface area contributed by atoms with Crippen LogP contribution in [0, 0.1) is 17.2 Å². The zero-order valence-corrected chi connectivity index (χ0v) is 9.68. The molecule has 0 aromatic carbocycles. The Morgan fingerprint density at radius 3 is 2.38 bits per heavy atom. The molecule has 0 fully saturated rings. The first kappa shape index (κ1) is 12.4. The number of aromatic nitrogens is 1. The van der Waals surface area contributed by atoms with E-state index in [9.17, 15) is 4.79 Å². The van der Waals surface area contributed by atoms with Crippen molar-refractivity contribution in [2.24, 2.45) is 5.92 Å². The summed E-state index contributed by atoms with van der Waals surface area (Å²) in [6.07, 6.45) is 4.80. The lowest BCUT2D eigenvalue weighted by molar-refractivity contribution is -0.123. The Balaban J connectivity index is 2.92. The standard InChI is InChI=1S/C13H16N2O/c1-3-10(4-2)13(16)12(9-14)11-5-7-15-8-6-11/h5-8,10,12H,3-4H2,1-2H3. The van der Waals surface area contributed by atoms with Gasteiger partial charge in [0.15, 0.2) is 5.78 Å². The van der Waals surface area contributed by atoms with E-state index in [1.807, 2.05) is 13.8 Å². The highest BCUT2D eigenvalue weighted by Gasteiger charge is 2.25. The number of hydrogen-bond donors (Lipinski definition) is 0. The molecule has 0 saturated carbocycles. The summed E-state index contributed by atoms with van der Waals surface area (Å²) in [4.78, 5) is 16.0. The number of hydrogen-bond acceptors (Lipinski definition) is 3. The molecule has 0 spiro atoms. The van der Waals surface area contributed by atoms with Gasteiger partial charge < -0.3 is 0 Å². The molecule has 1 unspecified atom stereocenters. The largest absolute Gasteiger partial charge is 0.298 e. The minimum atomic E-state index is -0.645. The van der Waals surface area contributed by atoms with Crippen molar-refractivity contribution in [3.63, 3.8) is 0 Å². The molecule has 3 heteroatoms. The third-order valence-electron chi connectivity index (χ3n) is 2.84. The molecule has 1 aromatic heterocycles. The minimum Gasteiger partial charge on any atom is -0.298 e. The molecule has 1 rings (SSSR count). The molecule has 16 heavy (non-hydrogen) atoms. The molecule has 1 atom stereocenters. The normalized spacial score (nSPS) is 12.1. The van der Waals surface area contributed by atoms with Crippen LogP contribution in [0.3, 0.4) is 0 Å². The number of nitrogens with zero attached hydrogens (tertiary/aromatic N) is 2. The van der Waals surface area contributed by atoms with Crippen molar-refractivity contribution in [1.82, 2.24) is 4.98 Å². The van der Waals surface area contributed by atoms with E-state index in [-0.39, 0.29) is 11.7 Å². The number of ketones is 1. The first-order chi connectivity index (χ1) is 7.74. The Morgan fingerprint density at radius 1 is 1.38 bits per heavy atom. The monoisotopic (exact) mass is 216 g/mol. The molecule has 84 valence electrons. The lowest BCUT2D eigenvalue weighted by atomic mass is 9.86. The Morgan fingerprint density at radius 2 is 1.94 bits per heavy atom. The summed E-state index contributed by atoms with van der Waals surface area (Å²) in [5, 5.41) is 9.10. The topological polar surface area (TPSA) is 53.8 Å². The van der Waals surface area contributed by atoms with E-state index in [1.54, 1.807) is 24.5 Å². The van der Waals surface area contributed by atoms with Crippen LogP contribution in [-0.4, -0.2) is 10.8 Å².